The lowest BCUT2D eigenvalue weighted by Crippen LogP contribution is -2.31. The summed E-state index contributed by atoms with van der Waals surface area (Å²) in [5.41, 5.74) is 0.997. The first-order valence-electron chi connectivity index (χ1n) is 11.1. The Labute approximate surface area is 183 Å². The summed E-state index contributed by atoms with van der Waals surface area (Å²) in [5, 5.41) is 8.38. The normalized spacial score (nSPS) is 19.2. The fraction of sp³-hybridized carbons (Fsp3) is 0.500. The Morgan fingerprint density at radius 2 is 1.77 bits per heavy atom. The Bertz CT molecular complexity index is 959. The monoisotopic (exact) mass is 423 g/mol. The van der Waals surface area contributed by atoms with Gasteiger partial charge in [-0.05, 0) is 68.8 Å². The molecule has 0 aliphatic heterocycles. The van der Waals surface area contributed by atoms with Crippen LogP contribution in [0.1, 0.15) is 42.4 Å². The molecule has 1 aliphatic rings. The van der Waals surface area contributed by atoms with Crippen molar-refractivity contribution in [2.75, 3.05) is 30.9 Å². The van der Waals surface area contributed by atoms with Crippen molar-refractivity contribution in [3.05, 3.63) is 46.2 Å². The van der Waals surface area contributed by atoms with E-state index in [1.807, 2.05) is 37.6 Å². The quantitative estimate of drug-likeness (QED) is 0.529. The van der Waals surface area contributed by atoms with Gasteiger partial charge in [0.25, 0.3) is 0 Å². The number of nitrogens with zero attached hydrogens (tertiary/aromatic N) is 3. The van der Waals surface area contributed by atoms with Crippen LogP contribution in [0.4, 0.5) is 11.8 Å². The predicted octanol–water partition coefficient (Wildman–Crippen LogP) is 5.08. The molecule has 2 N–H and O–H groups in total. The van der Waals surface area contributed by atoms with Crippen LogP contribution in [0.15, 0.2) is 36.4 Å². The van der Waals surface area contributed by atoms with Crippen LogP contribution in [0.5, 0.6) is 0 Å². The van der Waals surface area contributed by atoms with Crippen LogP contribution >= 0.6 is 11.3 Å². The van der Waals surface area contributed by atoms with Crippen LogP contribution in [0.3, 0.4) is 0 Å². The summed E-state index contributed by atoms with van der Waals surface area (Å²) in [6, 6.07) is 13.2. The smallest absolute Gasteiger partial charge is 0.225 e. The Morgan fingerprint density at radius 1 is 1.00 bits per heavy atom. The van der Waals surface area contributed by atoms with Gasteiger partial charge in [0.05, 0.1) is 5.52 Å². The van der Waals surface area contributed by atoms with E-state index in [1.54, 1.807) is 0 Å². The maximum Gasteiger partial charge on any atom is 0.225 e. The summed E-state index contributed by atoms with van der Waals surface area (Å²) in [6.45, 7) is 4.34. The molecule has 0 saturated heterocycles. The highest BCUT2D eigenvalue weighted by Crippen LogP contribution is 2.28. The van der Waals surface area contributed by atoms with E-state index >= 15 is 0 Å². The topological polar surface area (TPSA) is 53.1 Å². The molecular formula is C24H33N5S. The molecule has 5 nitrogen and oxygen atoms in total. The number of para-hydroxylation sites is 1. The number of benzene rings is 1. The molecule has 1 fully saturated rings. The van der Waals surface area contributed by atoms with E-state index in [9.17, 15) is 0 Å². The second kappa shape index (κ2) is 9.75. The van der Waals surface area contributed by atoms with Crippen molar-refractivity contribution in [1.29, 1.82) is 0 Å². The van der Waals surface area contributed by atoms with Crippen molar-refractivity contribution in [2.45, 2.75) is 51.6 Å². The third-order valence-electron chi connectivity index (χ3n) is 5.98. The van der Waals surface area contributed by atoms with Crippen molar-refractivity contribution in [3.63, 3.8) is 0 Å². The molecular weight excluding hydrogens is 390 g/mol. The Hall–Kier alpha value is -2.18. The summed E-state index contributed by atoms with van der Waals surface area (Å²) in [6.07, 6.45) is 6.00. The van der Waals surface area contributed by atoms with Gasteiger partial charge >= 0.3 is 0 Å². The lowest BCUT2D eigenvalue weighted by atomic mass is 9.86. The molecule has 0 bridgehead atoms. The van der Waals surface area contributed by atoms with Crippen molar-refractivity contribution in [1.82, 2.24) is 15.3 Å². The number of hydrogen-bond acceptors (Lipinski definition) is 6. The molecule has 1 saturated carbocycles. The number of nitrogens with one attached hydrogen (secondary N) is 2. The number of anilines is 2. The number of fused-ring (bicyclic) bond motifs is 1. The maximum atomic E-state index is 4.80. The highest BCUT2D eigenvalue weighted by molar-refractivity contribution is 7.11. The lowest BCUT2D eigenvalue weighted by Gasteiger charge is -2.29. The minimum absolute atomic E-state index is 0.460. The van der Waals surface area contributed by atoms with Gasteiger partial charge in [-0.25, -0.2) is 4.98 Å². The Kier molecular flexibility index (Phi) is 6.85. The highest BCUT2D eigenvalue weighted by Gasteiger charge is 2.22. The van der Waals surface area contributed by atoms with Gasteiger partial charge in [-0.1, -0.05) is 19.1 Å². The Balaban J connectivity index is 1.28. The number of aromatic nitrogens is 2. The molecule has 30 heavy (non-hydrogen) atoms. The van der Waals surface area contributed by atoms with Crippen LogP contribution in [0.2, 0.25) is 0 Å². The average Bonchev–Trinajstić information content (AvgIpc) is 3.22. The van der Waals surface area contributed by atoms with Crippen molar-refractivity contribution in [2.24, 2.45) is 5.92 Å². The average molecular weight is 424 g/mol. The summed E-state index contributed by atoms with van der Waals surface area (Å²) < 4.78 is 0. The maximum absolute atomic E-state index is 4.80. The van der Waals surface area contributed by atoms with Gasteiger partial charge in [0.15, 0.2) is 0 Å². The highest BCUT2D eigenvalue weighted by atomic mass is 32.1. The van der Waals surface area contributed by atoms with Crippen LogP contribution in [0, 0.1) is 5.92 Å². The van der Waals surface area contributed by atoms with Gasteiger partial charge in [-0.15, -0.1) is 11.3 Å². The van der Waals surface area contributed by atoms with Gasteiger partial charge < -0.3 is 15.5 Å². The number of aryl methyl sites for hydroxylation is 1. The van der Waals surface area contributed by atoms with Crippen molar-refractivity contribution < 1.29 is 0 Å². The van der Waals surface area contributed by atoms with Gasteiger partial charge in [0.2, 0.25) is 5.95 Å². The van der Waals surface area contributed by atoms with E-state index in [0.717, 1.165) is 48.1 Å². The van der Waals surface area contributed by atoms with Crippen molar-refractivity contribution in [3.8, 4) is 0 Å². The van der Waals surface area contributed by atoms with E-state index in [0.29, 0.717) is 6.04 Å². The molecule has 0 spiro atoms. The zero-order valence-corrected chi connectivity index (χ0v) is 19.1. The van der Waals surface area contributed by atoms with E-state index in [-0.39, 0.29) is 0 Å². The third kappa shape index (κ3) is 5.10. The van der Waals surface area contributed by atoms with E-state index in [2.05, 4.69) is 46.7 Å². The predicted molar refractivity (Wildman–Crippen MR) is 129 cm³/mol. The molecule has 0 amide bonds. The van der Waals surface area contributed by atoms with Gasteiger partial charge in [-0.2, -0.15) is 4.98 Å². The first kappa shape index (κ1) is 21.1. The van der Waals surface area contributed by atoms with Gasteiger partial charge in [0, 0.05) is 41.8 Å². The molecule has 6 heteroatoms. The second-order valence-electron chi connectivity index (χ2n) is 8.50. The molecule has 2 heterocycles. The van der Waals surface area contributed by atoms with Crippen LogP contribution in [-0.2, 0) is 13.0 Å². The SMILES string of the molecule is CCc1ccc(CNC[C@H]2CC[C@@H](Nc3nc(N(C)C)c4ccccc4n3)CC2)s1. The summed E-state index contributed by atoms with van der Waals surface area (Å²) in [5.74, 6) is 2.49. The molecule has 0 radical (unpaired) electrons. The molecule has 160 valence electrons. The minimum Gasteiger partial charge on any atom is -0.362 e. The summed E-state index contributed by atoms with van der Waals surface area (Å²) in [4.78, 5) is 14.6. The summed E-state index contributed by atoms with van der Waals surface area (Å²) in [7, 11) is 4.08. The zero-order chi connectivity index (χ0) is 20.9. The molecule has 4 rings (SSSR count). The number of thiophene rings is 1. The van der Waals surface area contributed by atoms with Crippen molar-refractivity contribution >= 4 is 34.0 Å². The molecule has 1 aliphatic carbocycles. The molecule has 0 unspecified atom stereocenters. The van der Waals surface area contributed by atoms with E-state index in [4.69, 9.17) is 9.97 Å². The molecule has 1 aromatic carbocycles. The first-order valence-corrected chi connectivity index (χ1v) is 11.9. The first-order chi connectivity index (χ1) is 14.6. The fourth-order valence-electron chi connectivity index (χ4n) is 4.27. The van der Waals surface area contributed by atoms with Crippen LogP contribution in [0.25, 0.3) is 10.9 Å². The molecule has 3 aromatic rings. The fourth-order valence-corrected chi connectivity index (χ4v) is 5.19. The third-order valence-corrected chi connectivity index (χ3v) is 7.21. The standard InChI is InChI=1S/C24H33N5S/c1-4-19-13-14-20(30-19)16-25-15-17-9-11-18(12-10-17)26-24-27-22-8-6-5-7-21(22)23(28-24)29(2)3/h5-8,13-14,17-18,25H,4,9-12,15-16H2,1-3H3,(H,26,27,28)/t17-,18+. The van der Waals surface area contributed by atoms with Gasteiger partial charge in [-0.3, -0.25) is 0 Å². The lowest BCUT2D eigenvalue weighted by molar-refractivity contribution is 0.324. The van der Waals surface area contributed by atoms with E-state index in [1.165, 1.54) is 35.4 Å². The van der Waals surface area contributed by atoms with E-state index < -0.39 is 0 Å². The zero-order valence-electron chi connectivity index (χ0n) is 18.3. The number of hydrogen-bond donors (Lipinski definition) is 2. The number of rotatable bonds is 8. The minimum atomic E-state index is 0.460. The van der Waals surface area contributed by atoms with Gasteiger partial charge in [0.1, 0.15) is 5.82 Å². The Morgan fingerprint density at radius 3 is 2.50 bits per heavy atom. The van der Waals surface area contributed by atoms with Crippen LogP contribution in [-0.4, -0.2) is 36.6 Å². The molecule has 0 atom stereocenters. The molecule has 2 aromatic heterocycles. The largest absolute Gasteiger partial charge is 0.362 e. The summed E-state index contributed by atoms with van der Waals surface area (Å²) >= 11 is 1.94. The van der Waals surface area contributed by atoms with Crippen LogP contribution < -0.4 is 15.5 Å². The second-order valence-corrected chi connectivity index (χ2v) is 9.75.